The van der Waals surface area contributed by atoms with Gasteiger partial charge in [-0.05, 0) is 69.5 Å². The Morgan fingerprint density at radius 2 is 1.70 bits per heavy atom. The fourth-order valence-corrected chi connectivity index (χ4v) is 6.14. The first-order chi connectivity index (χ1) is 17.8. The van der Waals surface area contributed by atoms with Crippen LogP contribution in [0.25, 0.3) is 0 Å². The first-order valence-corrected chi connectivity index (χ1v) is 14.7. The van der Waals surface area contributed by atoms with Crippen molar-refractivity contribution in [2.24, 2.45) is 0 Å². The van der Waals surface area contributed by atoms with Crippen molar-refractivity contribution in [1.82, 2.24) is 19.4 Å². The maximum Gasteiger partial charge on any atom is 0.240 e. The Morgan fingerprint density at radius 3 is 2.32 bits per heavy atom. The van der Waals surface area contributed by atoms with Gasteiger partial charge < -0.3 is 4.90 Å². The minimum atomic E-state index is -3.47. The van der Waals surface area contributed by atoms with Crippen molar-refractivity contribution in [2.45, 2.75) is 68.2 Å². The first-order valence-electron chi connectivity index (χ1n) is 13.2. The number of likely N-dealkylation sites (tertiary alicyclic amines) is 1. The molecule has 1 saturated carbocycles. The van der Waals surface area contributed by atoms with Crippen LogP contribution in [0, 0.1) is 0 Å². The highest BCUT2D eigenvalue weighted by Gasteiger charge is 2.40. The molecule has 37 heavy (non-hydrogen) atoms. The fraction of sp³-hybridized carbons (Fsp3) is 0.448. The van der Waals surface area contributed by atoms with Gasteiger partial charge >= 0.3 is 0 Å². The molecule has 2 atom stereocenters. The Hall–Kier alpha value is -2.97. The number of carbonyl (C=O) groups is 1. The molecule has 3 aromatic rings. The Morgan fingerprint density at radius 1 is 1.03 bits per heavy atom. The summed E-state index contributed by atoms with van der Waals surface area (Å²) in [6.07, 6.45) is 3.40. The van der Waals surface area contributed by atoms with Gasteiger partial charge in [-0.3, -0.25) is 9.48 Å². The summed E-state index contributed by atoms with van der Waals surface area (Å²) in [4.78, 5) is 15.6. The van der Waals surface area contributed by atoms with Crippen LogP contribution in [0.3, 0.4) is 0 Å². The molecule has 5 rings (SSSR count). The van der Waals surface area contributed by atoms with E-state index in [1.54, 1.807) is 24.3 Å². The molecule has 8 heteroatoms. The lowest BCUT2D eigenvalue weighted by molar-refractivity contribution is -0.130. The molecule has 2 fully saturated rings. The number of rotatable bonds is 9. The summed E-state index contributed by atoms with van der Waals surface area (Å²) in [5.41, 5.74) is 4.64. The van der Waals surface area contributed by atoms with Gasteiger partial charge in [0.05, 0.1) is 10.6 Å². The molecular weight excluding hydrogens is 484 g/mol. The molecular formula is C29H36N4O3S. The van der Waals surface area contributed by atoms with E-state index in [1.165, 1.54) is 36.8 Å². The van der Waals surface area contributed by atoms with Gasteiger partial charge in [0.25, 0.3) is 0 Å². The number of benzene rings is 2. The van der Waals surface area contributed by atoms with Crippen molar-refractivity contribution in [3.05, 3.63) is 83.2 Å². The summed E-state index contributed by atoms with van der Waals surface area (Å²) in [5, 5.41) is 4.99. The van der Waals surface area contributed by atoms with Crippen LogP contribution in [-0.2, 0) is 21.2 Å². The molecule has 1 amide bonds. The lowest BCUT2D eigenvalue weighted by Crippen LogP contribution is -2.29. The normalized spacial score (nSPS) is 20.1. The zero-order valence-electron chi connectivity index (χ0n) is 21.8. The number of amides is 1. The quantitative estimate of drug-likeness (QED) is 0.447. The van der Waals surface area contributed by atoms with E-state index in [1.807, 2.05) is 11.0 Å². The summed E-state index contributed by atoms with van der Waals surface area (Å²) in [6, 6.07) is 19.8. The second-order valence-corrected chi connectivity index (χ2v) is 12.5. The lowest BCUT2D eigenvalue weighted by Gasteiger charge is -2.21. The maximum absolute atomic E-state index is 13.4. The van der Waals surface area contributed by atoms with E-state index in [-0.39, 0.29) is 28.7 Å². The number of sulfonamides is 1. The molecule has 1 N–H and O–H groups in total. The van der Waals surface area contributed by atoms with Crippen LogP contribution in [0.15, 0.2) is 65.6 Å². The summed E-state index contributed by atoms with van der Waals surface area (Å²) < 4.78 is 28.5. The highest BCUT2D eigenvalue weighted by molar-refractivity contribution is 7.89. The molecule has 1 aliphatic carbocycles. The topological polar surface area (TPSA) is 84.3 Å². The van der Waals surface area contributed by atoms with Crippen molar-refractivity contribution in [3.8, 4) is 0 Å². The van der Waals surface area contributed by atoms with Crippen molar-refractivity contribution < 1.29 is 13.2 Å². The van der Waals surface area contributed by atoms with Gasteiger partial charge in [0.2, 0.25) is 15.9 Å². The summed E-state index contributed by atoms with van der Waals surface area (Å²) in [7, 11) is -2.07. The molecule has 2 unspecified atom stereocenters. The Labute approximate surface area is 219 Å². The Kier molecular flexibility index (Phi) is 7.23. The number of carbonyl (C=O) groups excluding carboxylic acids is 1. The zero-order valence-corrected chi connectivity index (χ0v) is 22.6. The van der Waals surface area contributed by atoms with Gasteiger partial charge in [0, 0.05) is 49.0 Å². The largest absolute Gasteiger partial charge is 0.341 e. The van der Waals surface area contributed by atoms with Crippen LogP contribution in [0.2, 0.25) is 0 Å². The van der Waals surface area contributed by atoms with E-state index in [4.69, 9.17) is 5.10 Å². The molecule has 1 aliphatic heterocycles. The minimum absolute atomic E-state index is 0.133. The van der Waals surface area contributed by atoms with Gasteiger partial charge in [-0.1, -0.05) is 42.5 Å². The van der Waals surface area contributed by atoms with Crippen molar-refractivity contribution in [1.29, 1.82) is 0 Å². The SMILES string of the molecule is CNS(=O)(=O)c1ccc(CCC(=O)N2CC(c3ccccc3)C(c3cc(C4CC4)nn3C(C)C)C2)cc1. The van der Waals surface area contributed by atoms with Crippen molar-refractivity contribution in [2.75, 3.05) is 20.1 Å². The summed E-state index contributed by atoms with van der Waals surface area (Å²) >= 11 is 0. The van der Waals surface area contributed by atoms with E-state index in [9.17, 15) is 13.2 Å². The molecule has 0 spiro atoms. The third-order valence-corrected chi connectivity index (χ3v) is 9.11. The summed E-state index contributed by atoms with van der Waals surface area (Å²) in [5.74, 6) is 1.13. The molecule has 0 bridgehead atoms. The average Bonchev–Trinajstić information content (AvgIpc) is 3.50. The van der Waals surface area contributed by atoms with Gasteiger partial charge in [-0.2, -0.15) is 5.10 Å². The maximum atomic E-state index is 13.4. The third-order valence-electron chi connectivity index (χ3n) is 7.68. The molecule has 2 aliphatic rings. The molecule has 1 saturated heterocycles. The fourth-order valence-electron chi connectivity index (χ4n) is 5.41. The predicted molar refractivity (Wildman–Crippen MR) is 144 cm³/mol. The van der Waals surface area contributed by atoms with E-state index in [0.29, 0.717) is 31.8 Å². The van der Waals surface area contributed by atoms with Crippen LogP contribution < -0.4 is 4.72 Å². The smallest absolute Gasteiger partial charge is 0.240 e. The van der Waals surface area contributed by atoms with Crippen LogP contribution in [-0.4, -0.2) is 49.1 Å². The number of aryl methyl sites for hydroxylation is 1. The van der Waals surface area contributed by atoms with E-state index >= 15 is 0 Å². The number of nitrogens with zero attached hydrogens (tertiary/aromatic N) is 3. The monoisotopic (exact) mass is 520 g/mol. The highest BCUT2D eigenvalue weighted by Crippen LogP contribution is 2.44. The van der Waals surface area contributed by atoms with Gasteiger partial charge in [0.1, 0.15) is 0 Å². The van der Waals surface area contributed by atoms with Gasteiger partial charge in [-0.25, -0.2) is 13.1 Å². The number of hydrogen-bond donors (Lipinski definition) is 1. The number of hydrogen-bond acceptors (Lipinski definition) is 4. The van der Waals surface area contributed by atoms with Crippen LogP contribution in [0.5, 0.6) is 0 Å². The van der Waals surface area contributed by atoms with Crippen molar-refractivity contribution >= 4 is 15.9 Å². The minimum Gasteiger partial charge on any atom is -0.341 e. The molecule has 7 nitrogen and oxygen atoms in total. The molecule has 0 radical (unpaired) electrons. The average molecular weight is 521 g/mol. The van der Waals surface area contributed by atoms with E-state index in [2.05, 4.69) is 53.6 Å². The third kappa shape index (κ3) is 5.50. The second kappa shape index (κ2) is 10.4. The Bertz CT molecular complexity index is 1350. The zero-order chi connectivity index (χ0) is 26.2. The van der Waals surface area contributed by atoms with Gasteiger partial charge in [0.15, 0.2) is 0 Å². The standard InChI is InChI=1S/C29H36N4O3S/c1-20(2)33-28(17-27(31-33)23-12-13-23)26-19-32(18-25(26)22-7-5-4-6-8-22)29(34)16-11-21-9-14-24(15-10-21)37(35,36)30-3/h4-10,14-15,17,20,23,25-26,30H,11-13,16,18-19H2,1-3H3. The van der Waals surface area contributed by atoms with Gasteiger partial charge in [-0.15, -0.1) is 0 Å². The van der Waals surface area contributed by atoms with Crippen LogP contribution >= 0.6 is 0 Å². The highest BCUT2D eigenvalue weighted by atomic mass is 32.2. The van der Waals surface area contributed by atoms with E-state index in [0.717, 1.165) is 5.56 Å². The van der Waals surface area contributed by atoms with E-state index < -0.39 is 10.0 Å². The van der Waals surface area contributed by atoms with Crippen LogP contribution in [0.1, 0.15) is 79.4 Å². The lowest BCUT2D eigenvalue weighted by atomic mass is 9.86. The predicted octanol–water partition coefficient (Wildman–Crippen LogP) is 4.59. The van der Waals surface area contributed by atoms with Crippen molar-refractivity contribution in [3.63, 3.8) is 0 Å². The second-order valence-electron chi connectivity index (χ2n) is 10.6. The molecule has 1 aromatic heterocycles. The Balaban J connectivity index is 1.34. The number of nitrogens with one attached hydrogen (secondary N) is 1. The molecule has 196 valence electrons. The summed E-state index contributed by atoms with van der Waals surface area (Å²) in [6.45, 7) is 5.72. The molecule has 2 heterocycles. The first kappa shape index (κ1) is 25.7. The molecule has 2 aromatic carbocycles. The van der Waals surface area contributed by atoms with Crippen LogP contribution in [0.4, 0.5) is 0 Å². The number of aromatic nitrogens is 2.